The van der Waals surface area contributed by atoms with Crippen LogP contribution in [0.15, 0.2) is 6.07 Å². The summed E-state index contributed by atoms with van der Waals surface area (Å²) >= 11 is 1.57. The highest BCUT2D eigenvalue weighted by molar-refractivity contribution is 7.14. The van der Waals surface area contributed by atoms with Gasteiger partial charge >= 0.3 is 5.97 Å². The smallest absolute Gasteiger partial charge is 0.325 e. The number of fused-ring (bicyclic) bond motifs is 1. The van der Waals surface area contributed by atoms with Gasteiger partial charge in [-0.25, -0.2) is 0 Å². The van der Waals surface area contributed by atoms with Gasteiger partial charge in [-0.3, -0.25) is 9.59 Å². The third-order valence-electron chi connectivity index (χ3n) is 4.47. The van der Waals surface area contributed by atoms with Crippen LogP contribution >= 0.6 is 11.3 Å². The Morgan fingerprint density at radius 2 is 2.05 bits per heavy atom. The average molecular weight is 308 g/mol. The monoisotopic (exact) mass is 308 g/mol. The van der Waals surface area contributed by atoms with E-state index in [-0.39, 0.29) is 12.5 Å². The zero-order valence-electron chi connectivity index (χ0n) is 11.9. The number of hydrogen-bond acceptors (Lipinski definition) is 4. The lowest BCUT2D eigenvalue weighted by atomic mass is 10.0. The highest BCUT2D eigenvalue weighted by Crippen LogP contribution is 2.31. The summed E-state index contributed by atoms with van der Waals surface area (Å²) in [5, 5.41) is 9.15. The molecule has 0 radical (unpaired) electrons. The Balaban J connectivity index is 1.76. The van der Waals surface area contributed by atoms with E-state index in [1.165, 1.54) is 29.7 Å². The summed E-state index contributed by atoms with van der Waals surface area (Å²) in [6.07, 6.45) is 6.06. The van der Waals surface area contributed by atoms with Crippen LogP contribution < -0.4 is 5.73 Å². The van der Waals surface area contributed by atoms with Crippen molar-refractivity contribution in [3.05, 3.63) is 21.4 Å². The normalized spacial score (nSPS) is 25.5. The molecule has 0 aromatic carbocycles. The zero-order chi connectivity index (χ0) is 15.0. The molecule has 0 saturated carbocycles. The zero-order valence-corrected chi connectivity index (χ0v) is 12.7. The molecule has 1 aromatic rings. The summed E-state index contributed by atoms with van der Waals surface area (Å²) in [6.45, 7) is 0.522. The van der Waals surface area contributed by atoms with Crippen LogP contribution in [0.3, 0.4) is 0 Å². The topological polar surface area (TPSA) is 83.6 Å². The summed E-state index contributed by atoms with van der Waals surface area (Å²) < 4.78 is 0. The molecule has 1 aliphatic carbocycles. The van der Waals surface area contributed by atoms with E-state index in [0.717, 1.165) is 17.7 Å². The van der Waals surface area contributed by atoms with Crippen LogP contribution in [0.25, 0.3) is 0 Å². The summed E-state index contributed by atoms with van der Waals surface area (Å²) in [6, 6.07) is 2.00. The minimum atomic E-state index is -1.29. The fourth-order valence-electron chi connectivity index (χ4n) is 3.11. The van der Waals surface area contributed by atoms with E-state index >= 15 is 0 Å². The molecule has 2 heterocycles. The molecule has 21 heavy (non-hydrogen) atoms. The number of amides is 1. The van der Waals surface area contributed by atoms with Gasteiger partial charge in [0, 0.05) is 18.0 Å². The first kappa shape index (κ1) is 14.5. The van der Waals surface area contributed by atoms with Gasteiger partial charge in [-0.1, -0.05) is 6.42 Å². The lowest BCUT2D eigenvalue weighted by molar-refractivity contribution is -0.142. The van der Waals surface area contributed by atoms with Crippen molar-refractivity contribution in [2.75, 3.05) is 13.1 Å². The Labute approximate surface area is 127 Å². The molecule has 6 heteroatoms. The second kappa shape index (κ2) is 5.42. The van der Waals surface area contributed by atoms with E-state index in [4.69, 9.17) is 10.8 Å². The lowest BCUT2D eigenvalue weighted by Gasteiger charge is -2.19. The number of aliphatic carboxylic acids is 1. The van der Waals surface area contributed by atoms with Crippen molar-refractivity contribution < 1.29 is 14.7 Å². The Hall–Kier alpha value is -1.40. The van der Waals surface area contributed by atoms with E-state index in [2.05, 4.69) is 0 Å². The first-order valence-corrected chi connectivity index (χ1v) is 8.24. The quantitative estimate of drug-likeness (QED) is 0.814. The molecule has 5 nitrogen and oxygen atoms in total. The van der Waals surface area contributed by atoms with Gasteiger partial charge < -0.3 is 15.7 Å². The van der Waals surface area contributed by atoms with Crippen molar-refractivity contribution in [1.82, 2.24) is 4.90 Å². The second-order valence-corrected chi connectivity index (χ2v) is 7.19. The van der Waals surface area contributed by atoms with Gasteiger partial charge in [-0.2, -0.15) is 0 Å². The number of nitrogens with zero attached hydrogens (tertiary/aromatic N) is 1. The molecule has 1 aliphatic heterocycles. The minimum absolute atomic E-state index is 0.0679. The summed E-state index contributed by atoms with van der Waals surface area (Å²) in [4.78, 5) is 27.4. The van der Waals surface area contributed by atoms with Crippen molar-refractivity contribution in [1.29, 1.82) is 0 Å². The SMILES string of the molecule is NC1(C(=O)O)CCN(C(=O)c2cc3c(s2)CCCCC3)C1. The molecule has 1 atom stereocenters. The molecule has 1 saturated heterocycles. The van der Waals surface area contributed by atoms with Gasteiger partial charge in [0.25, 0.3) is 5.91 Å². The van der Waals surface area contributed by atoms with E-state index in [0.29, 0.717) is 13.0 Å². The number of carbonyl (C=O) groups excluding carboxylic acids is 1. The van der Waals surface area contributed by atoms with E-state index in [9.17, 15) is 9.59 Å². The van der Waals surface area contributed by atoms with Crippen molar-refractivity contribution in [3.63, 3.8) is 0 Å². The van der Waals surface area contributed by atoms with Gasteiger partial charge in [0.1, 0.15) is 5.54 Å². The standard InChI is InChI=1S/C15H20N2O3S/c16-15(14(19)20)6-7-17(9-15)13(18)12-8-10-4-2-1-3-5-11(10)21-12/h8H,1-7,9,16H2,(H,19,20). The van der Waals surface area contributed by atoms with Gasteiger partial charge in [0.05, 0.1) is 4.88 Å². The largest absolute Gasteiger partial charge is 0.480 e. The predicted molar refractivity (Wildman–Crippen MR) is 80.7 cm³/mol. The Kier molecular flexibility index (Phi) is 3.75. The number of likely N-dealkylation sites (tertiary alicyclic amines) is 1. The van der Waals surface area contributed by atoms with Crippen LogP contribution in [0.1, 0.15) is 45.8 Å². The Morgan fingerprint density at radius 1 is 1.29 bits per heavy atom. The number of nitrogens with two attached hydrogens (primary N) is 1. The predicted octanol–water partition coefficient (Wildman–Crippen LogP) is 1.65. The molecular weight excluding hydrogens is 288 g/mol. The number of carbonyl (C=O) groups is 2. The first-order chi connectivity index (χ1) is 9.99. The van der Waals surface area contributed by atoms with Crippen LogP contribution in [-0.2, 0) is 17.6 Å². The van der Waals surface area contributed by atoms with Crippen molar-refractivity contribution in [3.8, 4) is 0 Å². The number of carboxylic acids is 1. The average Bonchev–Trinajstić information content (AvgIpc) is 2.98. The first-order valence-electron chi connectivity index (χ1n) is 7.43. The summed E-state index contributed by atoms with van der Waals surface area (Å²) in [5.74, 6) is -1.10. The van der Waals surface area contributed by atoms with Crippen LogP contribution in [0.4, 0.5) is 0 Å². The van der Waals surface area contributed by atoms with Crippen LogP contribution in [-0.4, -0.2) is 40.5 Å². The van der Waals surface area contributed by atoms with E-state index in [1.54, 1.807) is 16.2 Å². The van der Waals surface area contributed by atoms with Gasteiger partial charge in [-0.05, 0) is 43.7 Å². The molecule has 0 spiro atoms. The van der Waals surface area contributed by atoms with Crippen LogP contribution in [0.2, 0.25) is 0 Å². The molecule has 3 N–H and O–H groups in total. The van der Waals surface area contributed by atoms with Gasteiger partial charge in [0.15, 0.2) is 0 Å². The maximum absolute atomic E-state index is 12.5. The second-order valence-electron chi connectivity index (χ2n) is 6.06. The van der Waals surface area contributed by atoms with Gasteiger partial charge in [-0.15, -0.1) is 11.3 Å². The number of carboxylic acid groups (broad SMARTS) is 1. The molecule has 1 unspecified atom stereocenters. The molecule has 114 valence electrons. The maximum Gasteiger partial charge on any atom is 0.325 e. The number of rotatable bonds is 2. The fraction of sp³-hybridized carbons (Fsp3) is 0.600. The lowest BCUT2D eigenvalue weighted by Crippen LogP contribution is -2.50. The highest BCUT2D eigenvalue weighted by atomic mass is 32.1. The molecule has 1 fully saturated rings. The molecular formula is C15H20N2O3S. The molecule has 0 bridgehead atoms. The van der Waals surface area contributed by atoms with Crippen molar-refractivity contribution in [2.24, 2.45) is 5.73 Å². The fourth-order valence-corrected chi connectivity index (χ4v) is 4.33. The van der Waals surface area contributed by atoms with Crippen LogP contribution in [0, 0.1) is 0 Å². The third-order valence-corrected chi connectivity index (χ3v) is 5.70. The van der Waals surface area contributed by atoms with Gasteiger partial charge in [0.2, 0.25) is 0 Å². The molecule has 2 aliphatic rings. The Bertz CT molecular complexity index is 560. The molecule has 3 rings (SSSR count). The van der Waals surface area contributed by atoms with Crippen molar-refractivity contribution >= 4 is 23.2 Å². The summed E-state index contributed by atoms with van der Waals surface area (Å²) in [5.41, 5.74) is 5.85. The van der Waals surface area contributed by atoms with Crippen molar-refractivity contribution in [2.45, 2.75) is 44.1 Å². The van der Waals surface area contributed by atoms with E-state index in [1.807, 2.05) is 6.07 Å². The van der Waals surface area contributed by atoms with Crippen LogP contribution in [0.5, 0.6) is 0 Å². The maximum atomic E-state index is 12.5. The van der Waals surface area contributed by atoms with E-state index < -0.39 is 11.5 Å². The third kappa shape index (κ3) is 2.70. The number of hydrogen-bond donors (Lipinski definition) is 2. The highest BCUT2D eigenvalue weighted by Gasteiger charge is 2.43. The number of thiophene rings is 1. The molecule has 1 aromatic heterocycles. The number of aryl methyl sites for hydroxylation is 2. The molecule has 1 amide bonds. The minimum Gasteiger partial charge on any atom is -0.480 e. The Morgan fingerprint density at radius 3 is 2.76 bits per heavy atom. The summed E-state index contributed by atoms with van der Waals surface area (Å²) in [7, 11) is 0.